The van der Waals surface area contributed by atoms with E-state index in [0.29, 0.717) is 17.8 Å². The Labute approximate surface area is 156 Å². The molecule has 0 aliphatic carbocycles. The maximum absolute atomic E-state index is 12.5. The van der Waals surface area contributed by atoms with Gasteiger partial charge in [0, 0.05) is 12.1 Å². The normalized spacial score (nSPS) is 10.5. The van der Waals surface area contributed by atoms with Gasteiger partial charge in [-0.2, -0.15) is 0 Å². The van der Waals surface area contributed by atoms with Crippen LogP contribution in [0.3, 0.4) is 0 Å². The lowest BCUT2D eigenvalue weighted by Gasteiger charge is -2.12. The molecule has 1 amide bonds. The van der Waals surface area contributed by atoms with E-state index in [-0.39, 0.29) is 11.6 Å². The SMILES string of the molecule is O=C(NCc1ccccc1Oc1ccccc1)c1cnc2ccccc2n1. The number of hydrogen-bond acceptors (Lipinski definition) is 4. The number of rotatable bonds is 5. The number of nitrogens with one attached hydrogen (secondary N) is 1. The summed E-state index contributed by atoms with van der Waals surface area (Å²) in [5.74, 6) is 1.17. The van der Waals surface area contributed by atoms with Crippen LogP contribution in [0.15, 0.2) is 85.1 Å². The first-order valence-corrected chi connectivity index (χ1v) is 8.60. The van der Waals surface area contributed by atoms with Crippen molar-refractivity contribution in [3.8, 4) is 11.5 Å². The van der Waals surface area contributed by atoms with Gasteiger partial charge in [0.15, 0.2) is 0 Å². The lowest BCUT2D eigenvalue weighted by molar-refractivity contribution is 0.0946. The minimum absolute atomic E-state index is 0.275. The van der Waals surface area contributed by atoms with Gasteiger partial charge in [-0.3, -0.25) is 9.78 Å². The lowest BCUT2D eigenvalue weighted by Crippen LogP contribution is -2.24. The van der Waals surface area contributed by atoms with Crippen LogP contribution in [-0.2, 0) is 6.54 Å². The zero-order valence-electron chi connectivity index (χ0n) is 14.5. The summed E-state index contributed by atoms with van der Waals surface area (Å²) in [4.78, 5) is 21.1. The minimum Gasteiger partial charge on any atom is -0.457 e. The molecule has 132 valence electrons. The molecular formula is C22H17N3O2. The van der Waals surface area contributed by atoms with Crippen molar-refractivity contribution >= 4 is 16.9 Å². The first kappa shape index (κ1) is 16.7. The number of ether oxygens (including phenoxy) is 1. The number of para-hydroxylation sites is 4. The molecule has 0 atom stereocenters. The van der Waals surface area contributed by atoms with E-state index in [2.05, 4.69) is 15.3 Å². The molecule has 0 fully saturated rings. The number of nitrogens with zero attached hydrogens (tertiary/aromatic N) is 2. The molecule has 5 heteroatoms. The van der Waals surface area contributed by atoms with Crippen LogP contribution in [-0.4, -0.2) is 15.9 Å². The van der Waals surface area contributed by atoms with Crippen LogP contribution in [0.25, 0.3) is 11.0 Å². The highest BCUT2D eigenvalue weighted by atomic mass is 16.5. The zero-order valence-corrected chi connectivity index (χ0v) is 14.5. The molecule has 0 aliphatic heterocycles. The van der Waals surface area contributed by atoms with E-state index in [1.807, 2.05) is 78.9 Å². The number of carbonyl (C=O) groups is 1. The average Bonchev–Trinajstić information content (AvgIpc) is 2.73. The molecule has 5 nitrogen and oxygen atoms in total. The van der Waals surface area contributed by atoms with E-state index in [4.69, 9.17) is 4.74 Å². The molecule has 1 heterocycles. The van der Waals surface area contributed by atoms with Gasteiger partial charge in [-0.1, -0.05) is 48.5 Å². The Morgan fingerprint density at radius 2 is 1.56 bits per heavy atom. The fourth-order valence-electron chi connectivity index (χ4n) is 2.70. The average molecular weight is 355 g/mol. The standard InChI is InChI=1S/C22H17N3O2/c26-22(20-15-23-18-11-5-6-12-19(18)25-20)24-14-16-8-4-7-13-21(16)27-17-9-2-1-3-10-17/h1-13,15H,14H2,(H,24,26). The predicted octanol–water partition coefficient (Wildman–Crippen LogP) is 4.35. The molecule has 0 saturated carbocycles. The van der Waals surface area contributed by atoms with Gasteiger partial charge in [-0.15, -0.1) is 0 Å². The van der Waals surface area contributed by atoms with Gasteiger partial charge in [0.05, 0.1) is 17.2 Å². The van der Waals surface area contributed by atoms with E-state index in [1.165, 1.54) is 6.20 Å². The number of fused-ring (bicyclic) bond motifs is 1. The first-order valence-electron chi connectivity index (χ1n) is 8.60. The summed E-state index contributed by atoms with van der Waals surface area (Å²) in [7, 11) is 0. The zero-order chi connectivity index (χ0) is 18.5. The van der Waals surface area contributed by atoms with Gasteiger partial charge < -0.3 is 10.1 Å². The molecule has 0 radical (unpaired) electrons. The molecule has 27 heavy (non-hydrogen) atoms. The van der Waals surface area contributed by atoms with Crippen LogP contribution < -0.4 is 10.1 Å². The maximum atomic E-state index is 12.5. The summed E-state index contributed by atoms with van der Waals surface area (Å²) < 4.78 is 5.93. The van der Waals surface area contributed by atoms with Crippen molar-refractivity contribution in [2.75, 3.05) is 0 Å². The lowest BCUT2D eigenvalue weighted by atomic mass is 10.2. The van der Waals surface area contributed by atoms with Gasteiger partial charge in [0.1, 0.15) is 17.2 Å². The minimum atomic E-state index is -0.275. The van der Waals surface area contributed by atoms with E-state index in [0.717, 1.165) is 16.8 Å². The molecule has 1 aromatic heterocycles. The van der Waals surface area contributed by atoms with Crippen LogP contribution in [0.2, 0.25) is 0 Å². The molecule has 1 N–H and O–H groups in total. The Kier molecular flexibility index (Phi) is 4.74. The van der Waals surface area contributed by atoms with Crippen molar-refractivity contribution in [2.24, 2.45) is 0 Å². The van der Waals surface area contributed by atoms with Crippen molar-refractivity contribution in [1.82, 2.24) is 15.3 Å². The first-order chi connectivity index (χ1) is 13.3. The van der Waals surface area contributed by atoms with E-state index in [1.54, 1.807) is 0 Å². The van der Waals surface area contributed by atoms with Crippen molar-refractivity contribution < 1.29 is 9.53 Å². The highest BCUT2D eigenvalue weighted by Crippen LogP contribution is 2.24. The van der Waals surface area contributed by atoms with Crippen molar-refractivity contribution in [1.29, 1.82) is 0 Å². The second-order valence-electron chi connectivity index (χ2n) is 5.95. The Morgan fingerprint density at radius 1 is 0.852 bits per heavy atom. The summed E-state index contributed by atoms with van der Waals surface area (Å²) >= 11 is 0. The number of hydrogen-bond donors (Lipinski definition) is 1. The molecule has 0 bridgehead atoms. The fraction of sp³-hybridized carbons (Fsp3) is 0.0455. The van der Waals surface area contributed by atoms with Gasteiger partial charge in [0.2, 0.25) is 0 Å². The Morgan fingerprint density at radius 3 is 2.41 bits per heavy atom. The molecule has 4 rings (SSSR count). The number of amides is 1. The van der Waals surface area contributed by atoms with Gasteiger partial charge >= 0.3 is 0 Å². The highest BCUT2D eigenvalue weighted by molar-refractivity contribution is 5.93. The summed E-state index contributed by atoms with van der Waals surface area (Å²) in [6, 6.07) is 24.6. The van der Waals surface area contributed by atoms with Crippen LogP contribution in [0.5, 0.6) is 11.5 Å². The molecule has 0 saturated heterocycles. The topological polar surface area (TPSA) is 64.1 Å². The molecule has 0 aliphatic rings. The number of carbonyl (C=O) groups excluding carboxylic acids is 1. The van der Waals surface area contributed by atoms with E-state index < -0.39 is 0 Å². The molecule has 0 spiro atoms. The van der Waals surface area contributed by atoms with Gasteiger partial charge in [-0.25, -0.2) is 4.98 Å². The van der Waals surface area contributed by atoms with Crippen LogP contribution in [0.1, 0.15) is 16.1 Å². The Bertz CT molecular complexity index is 1080. The summed E-state index contributed by atoms with van der Waals surface area (Å²) in [6.07, 6.45) is 1.49. The second kappa shape index (κ2) is 7.66. The third-order valence-corrected chi connectivity index (χ3v) is 4.06. The molecule has 4 aromatic rings. The van der Waals surface area contributed by atoms with Crippen LogP contribution >= 0.6 is 0 Å². The predicted molar refractivity (Wildman–Crippen MR) is 104 cm³/mol. The number of benzene rings is 3. The van der Waals surface area contributed by atoms with Crippen LogP contribution in [0.4, 0.5) is 0 Å². The summed E-state index contributed by atoms with van der Waals surface area (Å²) in [6.45, 7) is 0.330. The van der Waals surface area contributed by atoms with E-state index in [9.17, 15) is 4.79 Å². The van der Waals surface area contributed by atoms with Gasteiger partial charge in [0.25, 0.3) is 5.91 Å². The molecule has 0 unspecified atom stereocenters. The fourth-order valence-corrected chi connectivity index (χ4v) is 2.70. The quantitative estimate of drug-likeness (QED) is 0.578. The monoisotopic (exact) mass is 355 g/mol. The highest BCUT2D eigenvalue weighted by Gasteiger charge is 2.11. The molecular weight excluding hydrogens is 338 g/mol. The Hall–Kier alpha value is -3.73. The van der Waals surface area contributed by atoms with Gasteiger partial charge in [-0.05, 0) is 30.3 Å². The van der Waals surface area contributed by atoms with Crippen molar-refractivity contribution in [2.45, 2.75) is 6.54 Å². The summed E-state index contributed by atoms with van der Waals surface area (Å²) in [5.41, 5.74) is 2.62. The second-order valence-corrected chi connectivity index (χ2v) is 5.95. The largest absolute Gasteiger partial charge is 0.457 e. The molecule has 3 aromatic carbocycles. The number of aromatic nitrogens is 2. The van der Waals surface area contributed by atoms with Crippen molar-refractivity contribution in [3.05, 3.63) is 96.3 Å². The third kappa shape index (κ3) is 3.93. The Balaban J connectivity index is 1.48. The van der Waals surface area contributed by atoms with Crippen molar-refractivity contribution in [3.63, 3.8) is 0 Å². The third-order valence-electron chi connectivity index (χ3n) is 4.06. The smallest absolute Gasteiger partial charge is 0.271 e. The van der Waals surface area contributed by atoms with Crippen LogP contribution in [0, 0.1) is 0 Å². The maximum Gasteiger partial charge on any atom is 0.271 e. The summed E-state index contributed by atoms with van der Waals surface area (Å²) in [5, 5.41) is 2.88. The van der Waals surface area contributed by atoms with E-state index >= 15 is 0 Å².